The van der Waals surface area contributed by atoms with Crippen molar-refractivity contribution in [2.24, 2.45) is 5.14 Å². The summed E-state index contributed by atoms with van der Waals surface area (Å²) in [6, 6.07) is 5.98. The lowest BCUT2D eigenvalue weighted by Gasteiger charge is -2.19. The van der Waals surface area contributed by atoms with Gasteiger partial charge in [0.25, 0.3) is 0 Å². The number of carbonyl (C=O) groups excluding carboxylic acids is 1. The highest BCUT2D eigenvalue weighted by molar-refractivity contribution is 7.84. The second-order valence-electron chi connectivity index (χ2n) is 5.44. The summed E-state index contributed by atoms with van der Waals surface area (Å²) in [5.74, 6) is 0.574. The summed E-state index contributed by atoms with van der Waals surface area (Å²) in [4.78, 5) is 11.4. The van der Waals surface area contributed by atoms with E-state index in [1.54, 1.807) is 0 Å². The molecule has 118 valence electrons. The normalized spacial score (nSPS) is 11.8. The van der Waals surface area contributed by atoms with Crippen molar-refractivity contribution in [3.05, 3.63) is 34.9 Å². The predicted molar refractivity (Wildman–Crippen MR) is 81.0 cm³/mol. The highest BCUT2D eigenvalue weighted by Gasteiger charge is 2.16. The first kappa shape index (κ1) is 17.5. The third-order valence-electron chi connectivity index (χ3n) is 3.09. The van der Waals surface area contributed by atoms with Crippen LogP contribution < -0.4 is 10.5 Å². The Bertz CT molecular complexity index is 583. The molecule has 1 rings (SSSR count). The largest absolute Gasteiger partial charge is 0.423 e. The molecule has 21 heavy (non-hydrogen) atoms. The van der Waals surface area contributed by atoms with Gasteiger partial charge in [0.2, 0.25) is 0 Å². The fourth-order valence-electron chi connectivity index (χ4n) is 2.20. The van der Waals surface area contributed by atoms with Gasteiger partial charge in [-0.05, 0) is 28.5 Å². The Balaban J connectivity index is 2.98. The third-order valence-corrected chi connectivity index (χ3v) is 3.48. The summed E-state index contributed by atoms with van der Waals surface area (Å²) < 4.78 is 25.5. The van der Waals surface area contributed by atoms with E-state index >= 15 is 0 Å². The Labute approximate surface area is 125 Å². The van der Waals surface area contributed by atoms with Crippen LogP contribution in [-0.2, 0) is 21.0 Å². The first-order valence-corrected chi connectivity index (χ1v) is 8.20. The predicted octanol–water partition coefficient (Wildman–Crippen LogP) is 2.36. The summed E-state index contributed by atoms with van der Waals surface area (Å²) in [5, 5.41) is 7.08. The van der Waals surface area contributed by atoms with E-state index in [1.165, 1.54) is 0 Å². The number of rotatable bonds is 5. The van der Waals surface area contributed by atoms with Crippen molar-refractivity contribution in [2.75, 3.05) is 0 Å². The number of carbonyl (C=O) groups is 1. The van der Waals surface area contributed by atoms with Gasteiger partial charge in [0.05, 0.1) is 0 Å². The molecule has 0 aromatic heterocycles. The zero-order valence-corrected chi connectivity index (χ0v) is 13.5. The Morgan fingerprint density at radius 1 is 1.19 bits per heavy atom. The molecule has 0 atom stereocenters. The topological polar surface area (TPSA) is 98.5 Å². The number of hydrogen-bond donors (Lipinski definition) is 2. The summed E-state index contributed by atoms with van der Waals surface area (Å²) >= 11 is 0. The smallest absolute Gasteiger partial charge is 0.316 e. The highest BCUT2D eigenvalue weighted by Crippen LogP contribution is 2.27. The molecular weight excluding hydrogens is 292 g/mol. The van der Waals surface area contributed by atoms with E-state index in [2.05, 4.69) is 42.3 Å². The van der Waals surface area contributed by atoms with Crippen LogP contribution in [0.1, 0.15) is 56.2 Å². The highest BCUT2D eigenvalue weighted by atomic mass is 32.2. The van der Waals surface area contributed by atoms with Gasteiger partial charge in [0.1, 0.15) is 0 Å². The summed E-state index contributed by atoms with van der Waals surface area (Å²) in [6.45, 7) is 8.44. The molecule has 1 amide bonds. The Morgan fingerprint density at radius 3 is 2.05 bits per heavy atom. The van der Waals surface area contributed by atoms with Gasteiger partial charge in [-0.3, -0.25) is 0 Å². The number of nitrogens with one attached hydrogen (secondary N) is 1. The fourth-order valence-corrected chi connectivity index (χ4v) is 2.47. The minimum Gasteiger partial charge on any atom is -0.316 e. The van der Waals surface area contributed by atoms with Crippen LogP contribution in [0.2, 0.25) is 0 Å². The molecule has 0 aliphatic heterocycles. The van der Waals surface area contributed by atoms with Crippen molar-refractivity contribution < 1.29 is 17.4 Å². The molecule has 0 spiro atoms. The fraction of sp³-hybridized carbons (Fsp3) is 0.500. The molecule has 0 aliphatic carbocycles. The van der Waals surface area contributed by atoms with Crippen molar-refractivity contribution in [3.8, 4) is 0 Å². The van der Waals surface area contributed by atoms with Crippen molar-refractivity contribution in [3.63, 3.8) is 0 Å². The van der Waals surface area contributed by atoms with Crippen molar-refractivity contribution in [2.45, 2.75) is 46.1 Å². The van der Waals surface area contributed by atoms with Crippen LogP contribution in [-0.4, -0.2) is 14.5 Å². The van der Waals surface area contributed by atoms with Gasteiger partial charge in [0.15, 0.2) is 0 Å². The molecule has 0 radical (unpaired) electrons. The van der Waals surface area contributed by atoms with Crippen LogP contribution in [0.5, 0.6) is 0 Å². The number of amides is 1. The van der Waals surface area contributed by atoms with Crippen LogP contribution in [0.15, 0.2) is 18.2 Å². The first-order valence-electron chi connectivity index (χ1n) is 6.73. The average Bonchev–Trinajstić information content (AvgIpc) is 2.33. The van der Waals surface area contributed by atoms with Crippen molar-refractivity contribution >= 4 is 16.4 Å². The molecule has 0 heterocycles. The molecule has 7 heteroatoms. The minimum atomic E-state index is -4.29. The first-order chi connectivity index (χ1) is 9.61. The molecule has 0 unspecified atom stereocenters. The average molecular weight is 314 g/mol. The molecule has 0 bridgehead atoms. The van der Waals surface area contributed by atoms with E-state index in [0.717, 1.165) is 16.7 Å². The molecule has 3 N–H and O–H groups in total. The molecular formula is C14H22N2O4S. The standard InChI is InChI=1S/C14H22N2O4S/c1-9(2)11-6-5-7-12(10(3)4)13(11)8-16-14(17)20-21(15,18)19/h5-7,9-10H,8H2,1-4H3,(H,16,17)(H2,15,18,19). The van der Waals surface area contributed by atoms with Crippen molar-refractivity contribution in [1.29, 1.82) is 0 Å². The Hall–Kier alpha value is -1.60. The van der Waals surface area contributed by atoms with Crippen molar-refractivity contribution in [1.82, 2.24) is 5.32 Å². The van der Waals surface area contributed by atoms with Crippen LogP contribution in [0.4, 0.5) is 4.79 Å². The number of nitrogens with two attached hydrogens (primary N) is 1. The van der Waals surface area contributed by atoms with E-state index in [4.69, 9.17) is 0 Å². The summed E-state index contributed by atoms with van der Waals surface area (Å²) in [5.41, 5.74) is 3.20. The van der Waals surface area contributed by atoms with Crippen LogP contribution in [0.25, 0.3) is 0 Å². The molecule has 0 saturated carbocycles. The summed E-state index contributed by atoms with van der Waals surface area (Å²) in [7, 11) is -4.29. The number of hydrogen-bond acceptors (Lipinski definition) is 4. The maximum Gasteiger partial charge on any atom is 0.423 e. The van der Waals surface area contributed by atoms with Gasteiger partial charge in [0, 0.05) is 6.54 Å². The molecule has 0 aliphatic rings. The van der Waals surface area contributed by atoms with Gasteiger partial charge >= 0.3 is 16.4 Å². The molecule has 6 nitrogen and oxygen atoms in total. The van der Waals surface area contributed by atoms with Gasteiger partial charge in [-0.15, -0.1) is 0 Å². The van der Waals surface area contributed by atoms with Gasteiger partial charge in [-0.25, -0.2) is 4.79 Å². The van der Waals surface area contributed by atoms with E-state index in [0.29, 0.717) is 0 Å². The minimum absolute atomic E-state index is 0.191. The van der Waals surface area contributed by atoms with Gasteiger partial charge < -0.3 is 9.50 Å². The van der Waals surface area contributed by atoms with Crippen LogP contribution in [0, 0.1) is 0 Å². The number of benzene rings is 1. The maximum absolute atomic E-state index is 11.4. The van der Waals surface area contributed by atoms with Crippen LogP contribution in [0.3, 0.4) is 0 Å². The monoisotopic (exact) mass is 314 g/mol. The van der Waals surface area contributed by atoms with E-state index < -0.39 is 16.4 Å². The van der Waals surface area contributed by atoms with E-state index in [9.17, 15) is 13.2 Å². The Morgan fingerprint density at radius 2 is 1.67 bits per heavy atom. The molecule has 1 aromatic carbocycles. The quantitative estimate of drug-likeness (QED) is 0.871. The zero-order valence-electron chi connectivity index (χ0n) is 12.7. The summed E-state index contributed by atoms with van der Waals surface area (Å²) in [6.07, 6.45) is -1.08. The van der Waals surface area contributed by atoms with Crippen LogP contribution >= 0.6 is 0 Å². The second-order valence-corrected chi connectivity index (χ2v) is 6.59. The van der Waals surface area contributed by atoms with E-state index in [1.807, 2.05) is 18.2 Å². The lowest BCUT2D eigenvalue weighted by Crippen LogP contribution is -2.30. The molecule has 0 saturated heterocycles. The third kappa shape index (κ3) is 5.35. The van der Waals surface area contributed by atoms with E-state index in [-0.39, 0.29) is 18.4 Å². The van der Waals surface area contributed by atoms with Gasteiger partial charge in [-0.1, -0.05) is 45.9 Å². The SMILES string of the molecule is CC(C)c1cccc(C(C)C)c1CNC(=O)OS(N)(=O)=O. The lowest BCUT2D eigenvalue weighted by molar-refractivity contribution is 0.202. The second kappa shape index (κ2) is 6.91. The Kier molecular flexibility index (Phi) is 5.74. The molecule has 0 fully saturated rings. The maximum atomic E-state index is 11.4. The lowest BCUT2D eigenvalue weighted by atomic mass is 9.89. The zero-order chi connectivity index (χ0) is 16.2. The molecule has 1 aromatic rings. The van der Waals surface area contributed by atoms with Gasteiger partial charge in [-0.2, -0.15) is 13.6 Å².